The molecule has 2 aromatic heterocycles. The maximum atomic E-state index is 5.58. The number of unbranched alkanes of at least 4 members (excludes halogenated alkanes) is 1. The van der Waals surface area contributed by atoms with E-state index in [0.717, 1.165) is 54.2 Å². The number of rotatable bonds is 7. The molecule has 2 aromatic rings. The van der Waals surface area contributed by atoms with Crippen molar-refractivity contribution >= 4 is 23.4 Å². The first-order chi connectivity index (χ1) is 9.15. The Kier molecular flexibility index (Phi) is 4.76. The van der Waals surface area contributed by atoms with E-state index in [4.69, 9.17) is 17.0 Å². The first kappa shape index (κ1) is 14.3. The second-order valence-corrected chi connectivity index (χ2v) is 5.20. The summed E-state index contributed by atoms with van der Waals surface area (Å²) in [7, 11) is 1.95. The van der Waals surface area contributed by atoms with Gasteiger partial charge in [0.05, 0.1) is 5.69 Å². The molecule has 0 spiro atoms. The third kappa shape index (κ3) is 3.06. The standard InChI is InChI=1S/C13H22N4OS/c1-4-5-8-18-9-6-7-17-12-11(14-13(17)19)10(2)15-16(12)3/h4-9H2,1-3H3,(H,14,19). The van der Waals surface area contributed by atoms with Crippen molar-refractivity contribution in [2.45, 2.75) is 39.7 Å². The van der Waals surface area contributed by atoms with Gasteiger partial charge < -0.3 is 14.3 Å². The van der Waals surface area contributed by atoms with Gasteiger partial charge in [0.25, 0.3) is 0 Å². The predicted octanol–water partition coefficient (Wildman–Crippen LogP) is 2.95. The van der Waals surface area contributed by atoms with Gasteiger partial charge >= 0.3 is 0 Å². The third-order valence-corrected chi connectivity index (χ3v) is 3.56. The zero-order valence-electron chi connectivity index (χ0n) is 11.9. The summed E-state index contributed by atoms with van der Waals surface area (Å²) in [4.78, 5) is 3.23. The molecule has 106 valence electrons. The Hall–Kier alpha value is -1.14. The Morgan fingerprint density at radius 2 is 2.05 bits per heavy atom. The molecule has 2 rings (SSSR count). The minimum atomic E-state index is 0.764. The fraction of sp³-hybridized carbons (Fsp3) is 0.692. The summed E-state index contributed by atoms with van der Waals surface area (Å²) >= 11 is 5.37. The van der Waals surface area contributed by atoms with Crippen LogP contribution < -0.4 is 0 Å². The van der Waals surface area contributed by atoms with E-state index >= 15 is 0 Å². The van der Waals surface area contributed by atoms with E-state index in [1.807, 2.05) is 18.7 Å². The summed E-state index contributed by atoms with van der Waals surface area (Å²) < 4.78 is 10.3. The number of aryl methyl sites for hydroxylation is 3. The summed E-state index contributed by atoms with van der Waals surface area (Å²) in [6, 6.07) is 0. The fourth-order valence-corrected chi connectivity index (χ4v) is 2.53. The Bertz CT molecular complexity index is 596. The maximum Gasteiger partial charge on any atom is 0.179 e. The first-order valence-corrected chi connectivity index (χ1v) is 7.25. The molecule has 0 saturated heterocycles. The van der Waals surface area contributed by atoms with Crippen molar-refractivity contribution in [2.75, 3.05) is 13.2 Å². The average Bonchev–Trinajstić information content (AvgIpc) is 2.83. The Morgan fingerprint density at radius 3 is 2.79 bits per heavy atom. The molecule has 0 aliphatic heterocycles. The van der Waals surface area contributed by atoms with E-state index in [1.54, 1.807) is 0 Å². The van der Waals surface area contributed by atoms with Gasteiger partial charge in [0.1, 0.15) is 5.52 Å². The molecule has 0 aliphatic rings. The van der Waals surface area contributed by atoms with Crippen LogP contribution in [-0.4, -0.2) is 32.5 Å². The van der Waals surface area contributed by atoms with Crippen LogP contribution in [0, 0.1) is 11.7 Å². The molecule has 0 aliphatic carbocycles. The number of H-pyrrole nitrogens is 1. The molecule has 0 unspecified atom stereocenters. The highest BCUT2D eigenvalue weighted by atomic mass is 32.1. The van der Waals surface area contributed by atoms with Crippen molar-refractivity contribution in [1.82, 2.24) is 19.3 Å². The van der Waals surface area contributed by atoms with E-state index in [0.29, 0.717) is 0 Å². The second kappa shape index (κ2) is 6.34. The Balaban J connectivity index is 2.00. The number of hydrogen-bond donors (Lipinski definition) is 1. The molecule has 0 atom stereocenters. The van der Waals surface area contributed by atoms with Gasteiger partial charge in [0.15, 0.2) is 10.4 Å². The second-order valence-electron chi connectivity index (χ2n) is 4.81. The van der Waals surface area contributed by atoms with Crippen molar-refractivity contribution in [3.63, 3.8) is 0 Å². The number of fused-ring (bicyclic) bond motifs is 1. The average molecular weight is 282 g/mol. The normalized spacial score (nSPS) is 11.5. The Labute approximate surface area is 118 Å². The molecular weight excluding hydrogens is 260 g/mol. The number of imidazole rings is 1. The lowest BCUT2D eigenvalue weighted by atomic mass is 10.3. The van der Waals surface area contributed by atoms with Crippen LogP contribution in [0.1, 0.15) is 31.9 Å². The van der Waals surface area contributed by atoms with Crippen LogP contribution in [0.3, 0.4) is 0 Å². The van der Waals surface area contributed by atoms with Crippen LogP contribution >= 0.6 is 12.2 Å². The highest BCUT2D eigenvalue weighted by molar-refractivity contribution is 7.71. The number of nitrogens with zero attached hydrogens (tertiary/aromatic N) is 3. The zero-order chi connectivity index (χ0) is 13.8. The van der Waals surface area contributed by atoms with Crippen LogP contribution in [0.4, 0.5) is 0 Å². The minimum absolute atomic E-state index is 0.764. The van der Waals surface area contributed by atoms with Crippen molar-refractivity contribution in [3.05, 3.63) is 10.5 Å². The van der Waals surface area contributed by atoms with E-state index in [2.05, 4.69) is 21.6 Å². The molecule has 0 radical (unpaired) electrons. The van der Waals surface area contributed by atoms with E-state index in [1.165, 1.54) is 6.42 Å². The smallest absolute Gasteiger partial charge is 0.179 e. The van der Waals surface area contributed by atoms with Crippen molar-refractivity contribution in [3.8, 4) is 0 Å². The Morgan fingerprint density at radius 1 is 1.32 bits per heavy atom. The summed E-state index contributed by atoms with van der Waals surface area (Å²) in [6.07, 6.45) is 3.28. The first-order valence-electron chi connectivity index (χ1n) is 6.85. The summed E-state index contributed by atoms with van der Waals surface area (Å²) in [5, 5.41) is 4.41. The molecule has 0 bridgehead atoms. The molecule has 0 amide bonds. The summed E-state index contributed by atoms with van der Waals surface area (Å²) in [6.45, 7) is 6.67. The van der Waals surface area contributed by atoms with Gasteiger partial charge in [-0.3, -0.25) is 4.68 Å². The van der Waals surface area contributed by atoms with Crippen molar-refractivity contribution in [2.24, 2.45) is 7.05 Å². The molecular formula is C13H22N4OS. The van der Waals surface area contributed by atoms with Gasteiger partial charge in [-0.15, -0.1) is 0 Å². The predicted molar refractivity (Wildman–Crippen MR) is 79.0 cm³/mol. The fourth-order valence-electron chi connectivity index (χ4n) is 2.25. The van der Waals surface area contributed by atoms with E-state index in [9.17, 15) is 0 Å². The van der Waals surface area contributed by atoms with Gasteiger partial charge in [-0.1, -0.05) is 13.3 Å². The zero-order valence-corrected chi connectivity index (χ0v) is 12.7. The summed E-state index contributed by atoms with van der Waals surface area (Å²) in [5.41, 5.74) is 3.09. The van der Waals surface area contributed by atoms with Gasteiger partial charge in [-0.25, -0.2) is 0 Å². The third-order valence-electron chi connectivity index (χ3n) is 3.24. The van der Waals surface area contributed by atoms with E-state index in [-0.39, 0.29) is 0 Å². The van der Waals surface area contributed by atoms with Gasteiger partial charge in [0, 0.05) is 26.8 Å². The lowest BCUT2D eigenvalue weighted by Gasteiger charge is -2.06. The number of nitrogens with one attached hydrogen (secondary N) is 1. The molecule has 0 aromatic carbocycles. The lowest BCUT2D eigenvalue weighted by Crippen LogP contribution is -2.06. The maximum absolute atomic E-state index is 5.58. The minimum Gasteiger partial charge on any atom is -0.381 e. The van der Waals surface area contributed by atoms with Crippen LogP contribution in [0.5, 0.6) is 0 Å². The highest BCUT2D eigenvalue weighted by Gasteiger charge is 2.11. The number of ether oxygens (including phenoxy) is 1. The van der Waals surface area contributed by atoms with E-state index < -0.39 is 0 Å². The summed E-state index contributed by atoms with van der Waals surface area (Å²) in [5.74, 6) is 0. The van der Waals surface area contributed by atoms with Crippen molar-refractivity contribution in [1.29, 1.82) is 0 Å². The molecule has 5 nitrogen and oxygen atoms in total. The van der Waals surface area contributed by atoms with Crippen LogP contribution in [0.2, 0.25) is 0 Å². The number of hydrogen-bond acceptors (Lipinski definition) is 3. The highest BCUT2D eigenvalue weighted by Crippen LogP contribution is 2.17. The molecule has 0 saturated carbocycles. The largest absolute Gasteiger partial charge is 0.381 e. The van der Waals surface area contributed by atoms with Gasteiger partial charge in [-0.2, -0.15) is 5.10 Å². The van der Waals surface area contributed by atoms with Gasteiger partial charge in [-0.05, 0) is 32.0 Å². The molecule has 0 fully saturated rings. The molecule has 1 N–H and O–H groups in total. The quantitative estimate of drug-likeness (QED) is 0.627. The van der Waals surface area contributed by atoms with Crippen molar-refractivity contribution < 1.29 is 4.74 Å². The van der Waals surface area contributed by atoms with Crippen LogP contribution in [0.25, 0.3) is 11.2 Å². The lowest BCUT2D eigenvalue weighted by molar-refractivity contribution is 0.126. The monoisotopic (exact) mass is 282 g/mol. The number of aromatic nitrogens is 4. The van der Waals surface area contributed by atoms with Crippen LogP contribution in [-0.2, 0) is 18.3 Å². The topological polar surface area (TPSA) is 47.8 Å². The molecule has 2 heterocycles. The number of aromatic amines is 1. The van der Waals surface area contributed by atoms with Crippen LogP contribution in [0.15, 0.2) is 0 Å². The molecule has 19 heavy (non-hydrogen) atoms. The SMILES string of the molecule is CCCCOCCCn1c(=S)[nH]c2c(C)nn(C)c21. The van der Waals surface area contributed by atoms with Gasteiger partial charge in [0.2, 0.25) is 0 Å². The molecule has 6 heteroatoms.